The molecule has 0 aliphatic heterocycles. The molecule has 0 aromatic heterocycles. The third-order valence-electron chi connectivity index (χ3n) is 3.07. The lowest BCUT2D eigenvalue weighted by Gasteiger charge is -2.07. The third-order valence-corrected chi connectivity index (χ3v) is 3.39. The number of carbonyl (C=O) groups excluding carboxylic acids is 1. The highest BCUT2D eigenvalue weighted by molar-refractivity contribution is 6.32. The van der Waals surface area contributed by atoms with Gasteiger partial charge in [0, 0.05) is 6.07 Å². The van der Waals surface area contributed by atoms with Crippen LogP contribution >= 0.6 is 11.6 Å². The summed E-state index contributed by atoms with van der Waals surface area (Å²) in [7, 11) is 0. The molecule has 0 saturated carbocycles. The van der Waals surface area contributed by atoms with Crippen LogP contribution < -0.4 is 4.74 Å². The molecule has 2 aromatic rings. The Morgan fingerprint density at radius 2 is 1.86 bits per heavy atom. The third kappa shape index (κ3) is 3.38. The van der Waals surface area contributed by atoms with E-state index in [0.717, 1.165) is 17.2 Å². The number of nitro benzene ring substituents is 1. The zero-order chi connectivity index (χ0) is 15.6. The maximum absolute atomic E-state index is 12.0. The fraction of sp³-hybridized carbons (Fsp3) is 0.133. The fourth-order valence-electron chi connectivity index (χ4n) is 1.72. The quantitative estimate of drug-likeness (QED) is 0.371. The smallest absolute Gasteiger partial charge is 0.343 e. The van der Waals surface area contributed by atoms with Gasteiger partial charge < -0.3 is 4.74 Å². The minimum atomic E-state index is -0.669. The number of benzene rings is 2. The second-order valence-corrected chi connectivity index (χ2v) is 4.97. The van der Waals surface area contributed by atoms with Crippen LogP contribution in [0.4, 0.5) is 5.69 Å². The van der Waals surface area contributed by atoms with Crippen LogP contribution in [0.3, 0.4) is 0 Å². The first kappa shape index (κ1) is 15.0. The first-order valence-corrected chi connectivity index (χ1v) is 6.49. The summed E-state index contributed by atoms with van der Waals surface area (Å²) in [6.45, 7) is 3.85. The number of halogens is 1. The number of nitrogens with zero attached hydrogens (tertiary/aromatic N) is 1. The maximum atomic E-state index is 12.0. The summed E-state index contributed by atoms with van der Waals surface area (Å²) in [5, 5.41) is 10.8. The van der Waals surface area contributed by atoms with Crippen molar-refractivity contribution in [3.63, 3.8) is 0 Å². The predicted octanol–water partition coefficient (Wildman–Crippen LogP) is 4.08. The fourth-order valence-corrected chi connectivity index (χ4v) is 1.91. The molecule has 0 aliphatic carbocycles. The molecule has 0 saturated heterocycles. The molecule has 0 unspecified atom stereocenters. The van der Waals surface area contributed by atoms with E-state index < -0.39 is 10.9 Å². The van der Waals surface area contributed by atoms with E-state index >= 15 is 0 Å². The molecule has 6 heteroatoms. The van der Waals surface area contributed by atoms with Crippen molar-refractivity contribution in [2.24, 2.45) is 0 Å². The van der Waals surface area contributed by atoms with Crippen LogP contribution in [0.5, 0.6) is 5.75 Å². The second-order valence-electron chi connectivity index (χ2n) is 4.56. The van der Waals surface area contributed by atoms with Crippen LogP contribution in [0.2, 0.25) is 5.02 Å². The van der Waals surface area contributed by atoms with Crippen LogP contribution in [-0.4, -0.2) is 10.9 Å². The Morgan fingerprint density at radius 1 is 1.14 bits per heavy atom. The number of ether oxygens (including phenoxy) is 1. The Morgan fingerprint density at radius 3 is 2.48 bits per heavy atom. The number of hydrogen-bond acceptors (Lipinski definition) is 4. The van der Waals surface area contributed by atoms with Crippen LogP contribution in [-0.2, 0) is 0 Å². The van der Waals surface area contributed by atoms with Crippen LogP contribution in [0.15, 0.2) is 36.4 Å². The van der Waals surface area contributed by atoms with E-state index in [1.807, 2.05) is 19.9 Å². The summed E-state index contributed by atoms with van der Waals surface area (Å²) in [6.07, 6.45) is 0. The largest absolute Gasteiger partial charge is 0.423 e. The second kappa shape index (κ2) is 5.93. The number of hydrogen-bond donors (Lipinski definition) is 0. The van der Waals surface area contributed by atoms with Gasteiger partial charge in [0.1, 0.15) is 10.8 Å². The van der Waals surface area contributed by atoms with Gasteiger partial charge in [0.05, 0.1) is 10.5 Å². The Hall–Kier alpha value is -2.40. The summed E-state index contributed by atoms with van der Waals surface area (Å²) in [6, 6.07) is 9.03. The van der Waals surface area contributed by atoms with Crippen molar-refractivity contribution in [2.45, 2.75) is 13.8 Å². The zero-order valence-electron chi connectivity index (χ0n) is 11.4. The summed E-state index contributed by atoms with van der Waals surface area (Å²) < 4.78 is 5.21. The van der Waals surface area contributed by atoms with Crippen LogP contribution in [0.1, 0.15) is 21.5 Å². The van der Waals surface area contributed by atoms with Gasteiger partial charge in [-0.15, -0.1) is 0 Å². The monoisotopic (exact) mass is 305 g/mol. The molecule has 0 amide bonds. The first-order chi connectivity index (χ1) is 9.88. The predicted molar refractivity (Wildman–Crippen MR) is 79.0 cm³/mol. The normalized spacial score (nSPS) is 10.2. The van der Waals surface area contributed by atoms with E-state index in [0.29, 0.717) is 5.75 Å². The Labute approximate surface area is 126 Å². The van der Waals surface area contributed by atoms with E-state index in [9.17, 15) is 14.9 Å². The van der Waals surface area contributed by atoms with Crippen LogP contribution in [0, 0.1) is 24.0 Å². The molecule has 0 fully saturated rings. The van der Waals surface area contributed by atoms with Crippen molar-refractivity contribution in [2.75, 3.05) is 0 Å². The van der Waals surface area contributed by atoms with Gasteiger partial charge in [-0.3, -0.25) is 10.1 Å². The van der Waals surface area contributed by atoms with Gasteiger partial charge in [-0.25, -0.2) is 4.79 Å². The van der Waals surface area contributed by atoms with Gasteiger partial charge in [-0.1, -0.05) is 17.7 Å². The SMILES string of the molecule is Cc1ccc(OC(=O)c2ccc(Cl)c([N+](=O)[O-])c2)cc1C. The van der Waals surface area contributed by atoms with Gasteiger partial charge in [0.15, 0.2) is 0 Å². The van der Waals surface area contributed by atoms with Crippen molar-refractivity contribution < 1.29 is 14.5 Å². The number of rotatable bonds is 3. The van der Waals surface area contributed by atoms with Crippen LogP contribution in [0.25, 0.3) is 0 Å². The first-order valence-electron chi connectivity index (χ1n) is 6.12. The molecular formula is C15H12ClNO4. The summed E-state index contributed by atoms with van der Waals surface area (Å²) in [5.41, 5.74) is 1.81. The summed E-state index contributed by atoms with van der Waals surface area (Å²) in [5.74, 6) is -0.279. The molecule has 0 bridgehead atoms. The van der Waals surface area contributed by atoms with E-state index in [2.05, 4.69) is 0 Å². The lowest BCUT2D eigenvalue weighted by Crippen LogP contribution is -2.09. The highest BCUT2D eigenvalue weighted by Crippen LogP contribution is 2.26. The lowest BCUT2D eigenvalue weighted by atomic mass is 10.1. The summed E-state index contributed by atoms with van der Waals surface area (Å²) >= 11 is 5.70. The number of esters is 1. The highest BCUT2D eigenvalue weighted by Gasteiger charge is 2.17. The molecule has 0 atom stereocenters. The Kier molecular flexibility index (Phi) is 4.23. The molecule has 0 heterocycles. The van der Waals surface area contributed by atoms with Crippen molar-refractivity contribution >= 4 is 23.3 Å². The van der Waals surface area contributed by atoms with E-state index in [1.54, 1.807) is 12.1 Å². The number of aryl methyl sites for hydroxylation is 2. The van der Waals surface area contributed by atoms with Crippen molar-refractivity contribution in [3.8, 4) is 5.75 Å². The topological polar surface area (TPSA) is 69.4 Å². The number of carbonyl (C=O) groups is 1. The van der Waals surface area contributed by atoms with E-state index in [4.69, 9.17) is 16.3 Å². The minimum absolute atomic E-state index is 0.0252. The number of nitro groups is 1. The highest BCUT2D eigenvalue weighted by atomic mass is 35.5. The molecule has 2 rings (SSSR count). The molecule has 108 valence electrons. The molecule has 0 N–H and O–H groups in total. The van der Waals surface area contributed by atoms with E-state index in [1.165, 1.54) is 12.1 Å². The molecular weight excluding hydrogens is 294 g/mol. The standard InChI is InChI=1S/C15H12ClNO4/c1-9-3-5-12(7-10(9)2)21-15(18)11-4-6-13(16)14(8-11)17(19)20/h3-8H,1-2H3. The van der Waals surface area contributed by atoms with Crippen molar-refractivity contribution in [3.05, 3.63) is 68.2 Å². The average Bonchev–Trinajstić information content (AvgIpc) is 2.43. The lowest BCUT2D eigenvalue weighted by molar-refractivity contribution is -0.384. The van der Waals surface area contributed by atoms with Crippen molar-refractivity contribution in [1.82, 2.24) is 0 Å². The minimum Gasteiger partial charge on any atom is -0.423 e. The zero-order valence-corrected chi connectivity index (χ0v) is 12.2. The van der Waals surface area contributed by atoms with Gasteiger partial charge in [-0.2, -0.15) is 0 Å². The van der Waals surface area contributed by atoms with E-state index in [-0.39, 0.29) is 16.3 Å². The molecule has 5 nitrogen and oxygen atoms in total. The van der Waals surface area contributed by atoms with Gasteiger partial charge >= 0.3 is 5.97 Å². The molecule has 0 aliphatic rings. The molecule has 0 spiro atoms. The van der Waals surface area contributed by atoms with Gasteiger partial charge in [0.2, 0.25) is 0 Å². The molecule has 2 aromatic carbocycles. The Bertz CT molecular complexity index is 728. The average molecular weight is 306 g/mol. The molecule has 21 heavy (non-hydrogen) atoms. The Balaban J connectivity index is 2.26. The maximum Gasteiger partial charge on any atom is 0.343 e. The molecule has 0 radical (unpaired) electrons. The van der Waals surface area contributed by atoms with Crippen molar-refractivity contribution in [1.29, 1.82) is 0 Å². The van der Waals surface area contributed by atoms with Gasteiger partial charge in [-0.05, 0) is 49.2 Å². The summed E-state index contributed by atoms with van der Waals surface area (Å²) in [4.78, 5) is 22.2. The van der Waals surface area contributed by atoms with Gasteiger partial charge in [0.25, 0.3) is 5.69 Å².